The van der Waals surface area contributed by atoms with Crippen LogP contribution >= 0.6 is 11.8 Å². The number of nitrogens with zero attached hydrogens (tertiary/aromatic N) is 3. The summed E-state index contributed by atoms with van der Waals surface area (Å²) in [5.74, 6) is 1.55. The van der Waals surface area contributed by atoms with Crippen molar-refractivity contribution in [2.75, 3.05) is 0 Å². The van der Waals surface area contributed by atoms with Crippen LogP contribution in [0.1, 0.15) is 16.8 Å². The predicted octanol–water partition coefficient (Wildman–Crippen LogP) is 4.24. The Kier molecular flexibility index (Phi) is 7.00. The van der Waals surface area contributed by atoms with Gasteiger partial charge in [0.2, 0.25) is 0 Å². The first-order valence-corrected chi connectivity index (χ1v) is 9.44. The minimum absolute atomic E-state index is 0.436. The second kappa shape index (κ2) is 10.1. The summed E-state index contributed by atoms with van der Waals surface area (Å²) in [6, 6.07) is 23.5. The normalized spacial score (nSPS) is 11.6. The van der Waals surface area contributed by atoms with Crippen LogP contribution in [0.2, 0.25) is 0 Å². The Labute approximate surface area is 163 Å². The summed E-state index contributed by atoms with van der Waals surface area (Å²) in [6.45, 7) is 0.438. The van der Waals surface area contributed by atoms with E-state index in [-0.39, 0.29) is 0 Å². The van der Waals surface area contributed by atoms with E-state index in [0.717, 1.165) is 22.8 Å². The first-order chi connectivity index (χ1) is 13.3. The van der Waals surface area contributed by atoms with Crippen LogP contribution in [0.4, 0.5) is 0 Å². The lowest BCUT2D eigenvalue weighted by molar-refractivity contribution is 0.301. The molecule has 3 rings (SSSR count). The third-order valence-corrected chi connectivity index (χ3v) is 4.44. The van der Waals surface area contributed by atoms with Crippen LogP contribution in [0.15, 0.2) is 89.2 Å². The quantitative estimate of drug-likeness (QED) is 0.380. The molecule has 0 unspecified atom stereocenters. The molecule has 3 aromatic rings. The van der Waals surface area contributed by atoms with E-state index in [2.05, 4.69) is 27.3 Å². The van der Waals surface area contributed by atoms with Crippen molar-refractivity contribution in [1.82, 2.24) is 4.98 Å². The molecule has 2 aromatic carbocycles. The first kappa shape index (κ1) is 18.7. The molecule has 0 bridgehead atoms. The molecular weight excluding hydrogens is 356 g/mol. The van der Waals surface area contributed by atoms with E-state index in [9.17, 15) is 0 Å². The number of thioether (sulfide) groups is 1. The maximum Gasteiger partial charge on any atom is 0.180 e. The first-order valence-electron chi connectivity index (χ1n) is 8.45. The molecule has 0 aliphatic heterocycles. The Morgan fingerprint density at radius 2 is 1.78 bits per heavy atom. The van der Waals surface area contributed by atoms with Crippen molar-refractivity contribution in [3.8, 4) is 5.75 Å². The fourth-order valence-corrected chi connectivity index (χ4v) is 2.82. The number of nitrogens with two attached hydrogens (primary N) is 1. The lowest BCUT2D eigenvalue weighted by atomic mass is 10.2. The predicted molar refractivity (Wildman–Crippen MR) is 112 cm³/mol. The molecule has 0 radical (unpaired) electrons. The van der Waals surface area contributed by atoms with Crippen LogP contribution in [0.3, 0.4) is 0 Å². The van der Waals surface area contributed by atoms with Crippen molar-refractivity contribution in [2.45, 2.75) is 12.4 Å². The summed E-state index contributed by atoms with van der Waals surface area (Å²) >= 11 is 1.46. The SMILES string of the molecule is NC(=NN=Cc1ccc(OCc2ccccn2)cc1)SCc1ccccc1. The van der Waals surface area contributed by atoms with Gasteiger partial charge in [0, 0.05) is 11.9 Å². The van der Waals surface area contributed by atoms with E-state index in [0.29, 0.717) is 11.8 Å². The summed E-state index contributed by atoms with van der Waals surface area (Å²) in [7, 11) is 0. The van der Waals surface area contributed by atoms with Gasteiger partial charge in [0.25, 0.3) is 0 Å². The van der Waals surface area contributed by atoms with Crippen molar-refractivity contribution >= 4 is 23.1 Å². The maximum absolute atomic E-state index is 5.88. The topological polar surface area (TPSA) is 72.9 Å². The molecule has 5 nitrogen and oxygen atoms in total. The molecule has 0 spiro atoms. The average molecular weight is 376 g/mol. The summed E-state index contributed by atoms with van der Waals surface area (Å²) < 4.78 is 5.71. The minimum Gasteiger partial charge on any atom is -0.487 e. The molecule has 27 heavy (non-hydrogen) atoms. The molecule has 1 heterocycles. The molecule has 2 N–H and O–H groups in total. The van der Waals surface area contributed by atoms with Gasteiger partial charge in [-0.1, -0.05) is 48.2 Å². The summed E-state index contributed by atoms with van der Waals surface area (Å²) in [5.41, 5.74) is 8.89. The molecular formula is C21H20N4OS. The van der Waals surface area contributed by atoms with Gasteiger partial charge in [0.05, 0.1) is 11.9 Å². The van der Waals surface area contributed by atoms with Crippen molar-refractivity contribution in [3.05, 3.63) is 95.8 Å². The van der Waals surface area contributed by atoms with Crippen LogP contribution in [0.5, 0.6) is 5.75 Å². The van der Waals surface area contributed by atoms with E-state index >= 15 is 0 Å². The number of rotatable bonds is 7. The van der Waals surface area contributed by atoms with E-state index in [1.165, 1.54) is 17.3 Å². The second-order valence-corrected chi connectivity index (χ2v) is 6.63. The van der Waals surface area contributed by atoms with Crippen LogP contribution in [0, 0.1) is 0 Å². The smallest absolute Gasteiger partial charge is 0.180 e. The highest BCUT2D eigenvalue weighted by atomic mass is 32.2. The van der Waals surface area contributed by atoms with Crippen LogP contribution in [-0.2, 0) is 12.4 Å². The second-order valence-electron chi connectivity index (χ2n) is 5.64. The fourth-order valence-electron chi connectivity index (χ4n) is 2.20. The van der Waals surface area contributed by atoms with Crippen LogP contribution < -0.4 is 10.5 Å². The summed E-state index contributed by atoms with van der Waals surface area (Å²) in [5, 5.41) is 8.50. The Balaban J connectivity index is 1.47. The van der Waals surface area contributed by atoms with Crippen molar-refractivity contribution in [3.63, 3.8) is 0 Å². The van der Waals surface area contributed by atoms with Crippen molar-refractivity contribution in [1.29, 1.82) is 0 Å². The standard InChI is InChI=1S/C21H20N4OS/c22-21(27-16-18-6-2-1-3-7-18)25-24-14-17-9-11-20(12-10-17)26-15-19-8-4-5-13-23-19/h1-14H,15-16H2,(H2,22,25). The van der Waals surface area contributed by atoms with Gasteiger partial charge in [-0.2, -0.15) is 5.10 Å². The molecule has 0 saturated heterocycles. The highest BCUT2D eigenvalue weighted by Gasteiger charge is 1.98. The van der Waals surface area contributed by atoms with E-state index < -0.39 is 0 Å². The molecule has 0 aliphatic rings. The van der Waals surface area contributed by atoms with Gasteiger partial charge in [-0.15, -0.1) is 5.10 Å². The van der Waals surface area contributed by atoms with Crippen molar-refractivity contribution < 1.29 is 4.74 Å². The van der Waals surface area contributed by atoms with Gasteiger partial charge in [-0.3, -0.25) is 4.98 Å². The summed E-state index contributed by atoms with van der Waals surface area (Å²) in [4.78, 5) is 4.23. The number of ether oxygens (including phenoxy) is 1. The minimum atomic E-state index is 0.436. The Morgan fingerprint density at radius 3 is 2.52 bits per heavy atom. The summed E-state index contributed by atoms with van der Waals surface area (Å²) in [6.07, 6.45) is 3.42. The van der Waals surface area contributed by atoms with Gasteiger partial charge in [0.1, 0.15) is 12.4 Å². The number of hydrogen-bond donors (Lipinski definition) is 1. The Bertz CT molecular complexity index is 881. The number of benzene rings is 2. The Hall–Kier alpha value is -3.12. The molecule has 6 heteroatoms. The zero-order valence-electron chi connectivity index (χ0n) is 14.7. The molecule has 136 valence electrons. The van der Waals surface area contributed by atoms with Gasteiger partial charge in [-0.25, -0.2) is 0 Å². The highest BCUT2D eigenvalue weighted by Crippen LogP contribution is 2.13. The maximum atomic E-state index is 5.88. The third kappa shape index (κ3) is 6.60. The largest absolute Gasteiger partial charge is 0.487 e. The zero-order chi connectivity index (χ0) is 18.7. The van der Waals surface area contributed by atoms with Gasteiger partial charge in [-0.05, 0) is 47.5 Å². The van der Waals surface area contributed by atoms with Crippen molar-refractivity contribution in [2.24, 2.45) is 15.9 Å². The molecule has 0 fully saturated rings. The van der Waals surface area contributed by atoms with Crippen LogP contribution in [0.25, 0.3) is 0 Å². The van der Waals surface area contributed by atoms with Gasteiger partial charge < -0.3 is 10.5 Å². The monoisotopic (exact) mass is 376 g/mol. The molecule has 0 aliphatic carbocycles. The van der Waals surface area contributed by atoms with Crippen LogP contribution in [-0.4, -0.2) is 16.4 Å². The fraction of sp³-hybridized carbons (Fsp3) is 0.0952. The average Bonchev–Trinajstić information content (AvgIpc) is 2.73. The number of aromatic nitrogens is 1. The molecule has 0 saturated carbocycles. The number of hydrogen-bond acceptors (Lipinski definition) is 5. The zero-order valence-corrected chi connectivity index (χ0v) is 15.5. The van der Waals surface area contributed by atoms with Gasteiger partial charge >= 0.3 is 0 Å². The third-order valence-electron chi connectivity index (χ3n) is 3.59. The molecule has 1 aromatic heterocycles. The van der Waals surface area contributed by atoms with E-state index in [1.54, 1.807) is 12.4 Å². The lowest BCUT2D eigenvalue weighted by Gasteiger charge is -2.05. The molecule has 0 amide bonds. The van der Waals surface area contributed by atoms with E-state index in [1.807, 2.05) is 60.7 Å². The Morgan fingerprint density at radius 1 is 1.00 bits per heavy atom. The van der Waals surface area contributed by atoms with E-state index in [4.69, 9.17) is 10.5 Å². The number of amidine groups is 1. The lowest BCUT2D eigenvalue weighted by Crippen LogP contribution is -2.05. The van der Waals surface area contributed by atoms with Gasteiger partial charge in [0.15, 0.2) is 5.17 Å². The number of pyridine rings is 1. The molecule has 0 atom stereocenters. The highest BCUT2D eigenvalue weighted by molar-refractivity contribution is 8.13.